The maximum atomic E-state index is 13.5. The summed E-state index contributed by atoms with van der Waals surface area (Å²) in [5, 5.41) is -0.285. The maximum absolute atomic E-state index is 13.5. The molecule has 2 heterocycles. The molecule has 1 aliphatic heterocycles. The van der Waals surface area contributed by atoms with E-state index >= 15 is 0 Å². The van der Waals surface area contributed by atoms with Crippen molar-refractivity contribution in [2.45, 2.75) is 61.8 Å². The van der Waals surface area contributed by atoms with Crippen LogP contribution in [0.25, 0.3) is 0 Å². The van der Waals surface area contributed by atoms with Gasteiger partial charge in [-0.3, -0.25) is 4.79 Å². The fraction of sp³-hybridized carbons (Fsp3) is 0.800. The molecule has 1 amide bonds. The van der Waals surface area contributed by atoms with E-state index in [1.807, 2.05) is 4.90 Å². The Labute approximate surface area is 161 Å². The van der Waals surface area contributed by atoms with Crippen LogP contribution in [0.15, 0.2) is 17.6 Å². The Morgan fingerprint density at radius 2 is 1.63 bits per heavy atom. The van der Waals surface area contributed by atoms with Gasteiger partial charge in [-0.25, -0.2) is 13.4 Å². The summed E-state index contributed by atoms with van der Waals surface area (Å²) < 4.78 is 27.3. The summed E-state index contributed by atoms with van der Waals surface area (Å²) in [6.07, 6.45) is 11.4. The predicted octanol–water partition coefficient (Wildman–Crippen LogP) is 2.40. The van der Waals surface area contributed by atoms with Gasteiger partial charge in [-0.05, 0) is 69.1 Å². The molecule has 7 heteroatoms. The molecule has 0 spiro atoms. The van der Waals surface area contributed by atoms with Gasteiger partial charge < -0.3 is 9.47 Å². The van der Waals surface area contributed by atoms with E-state index in [4.69, 9.17) is 0 Å². The number of carbonyl (C=O) groups is 1. The summed E-state index contributed by atoms with van der Waals surface area (Å²) in [5.41, 5.74) is -0.125. The largest absolute Gasteiger partial charge is 0.342 e. The Morgan fingerprint density at radius 3 is 2.11 bits per heavy atom. The second-order valence-electron chi connectivity index (χ2n) is 9.56. The average molecular weight is 392 g/mol. The zero-order chi connectivity index (χ0) is 18.8. The molecule has 0 radical (unpaired) electrons. The molecule has 6 rings (SSSR count). The Bertz CT molecular complexity index is 816. The van der Waals surface area contributed by atoms with Gasteiger partial charge in [0.2, 0.25) is 20.9 Å². The van der Waals surface area contributed by atoms with Crippen LogP contribution in [0.2, 0.25) is 0 Å². The van der Waals surface area contributed by atoms with Gasteiger partial charge >= 0.3 is 0 Å². The molecule has 1 aromatic rings. The number of amides is 1. The van der Waals surface area contributed by atoms with Gasteiger partial charge in [0, 0.05) is 32.5 Å². The quantitative estimate of drug-likeness (QED) is 0.793. The van der Waals surface area contributed by atoms with Crippen molar-refractivity contribution in [3.8, 4) is 0 Å². The van der Waals surface area contributed by atoms with Gasteiger partial charge in [0.1, 0.15) is 0 Å². The summed E-state index contributed by atoms with van der Waals surface area (Å²) in [4.78, 5) is 19.5. The second kappa shape index (κ2) is 6.06. The number of hydrogen-bond donors (Lipinski definition) is 0. The van der Waals surface area contributed by atoms with Gasteiger partial charge in [-0.1, -0.05) is 0 Å². The van der Waals surface area contributed by atoms with Crippen LogP contribution in [0, 0.1) is 23.2 Å². The molecule has 5 fully saturated rings. The molecule has 4 saturated carbocycles. The predicted molar refractivity (Wildman–Crippen MR) is 101 cm³/mol. The first-order chi connectivity index (χ1) is 12.9. The third-order valence-electron chi connectivity index (χ3n) is 7.69. The molecule has 1 saturated heterocycles. The molecule has 4 bridgehead atoms. The number of hydrogen-bond acceptors (Lipinski definition) is 4. The SMILES string of the molecule is Cn1ccnc1S(=O)(=O)C1CCN(C(=O)C23CC4CC(CC(C4)C2)C3)CC1. The highest BCUT2D eigenvalue weighted by atomic mass is 32.2. The van der Waals surface area contributed by atoms with Crippen molar-refractivity contribution in [2.75, 3.05) is 13.1 Å². The van der Waals surface area contributed by atoms with Crippen LogP contribution < -0.4 is 0 Å². The Hall–Kier alpha value is -1.37. The minimum absolute atomic E-state index is 0.125. The first-order valence-corrected chi connectivity index (χ1v) is 11.9. The normalized spacial score (nSPS) is 36.3. The van der Waals surface area contributed by atoms with E-state index in [0.717, 1.165) is 37.0 Å². The van der Waals surface area contributed by atoms with Crippen molar-refractivity contribution in [3.05, 3.63) is 12.4 Å². The zero-order valence-electron chi connectivity index (χ0n) is 16.0. The van der Waals surface area contributed by atoms with Crippen LogP contribution >= 0.6 is 0 Å². The highest BCUT2D eigenvalue weighted by Gasteiger charge is 2.55. The first kappa shape index (κ1) is 17.7. The third-order valence-corrected chi connectivity index (χ3v) is 9.94. The highest BCUT2D eigenvalue weighted by molar-refractivity contribution is 7.91. The van der Waals surface area contributed by atoms with E-state index in [-0.39, 0.29) is 10.6 Å². The Balaban J connectivity index is 1.28. The van der Waals surface area contributed by atoms with Gasteiger partial charge in [0.05, 0.1) is 10.7 Å². The molecular weight excluding hydrogens is 362 g/mol. The lowest BCUT2D eigenvalue weighted by Crippen LogP contribution is -2.56. The van der Waals surface area contributed by atoms with Crippen LogP contribution in [0.1, 0.15) is 51.4 Å². The fourth-order valence-electron chi connectivity index (χ4n) is 6.85. The summed E-state index contributed by atoms with van der Waals surface area (Å²) >= 11 is 0. The number of likely N-dealkylation sites (tertiary alicyclic amines) is 1. The van der Waals surface area contributed by atoms with E-state index in [9.17, 15) is 13.2 Å². The summed E-state index contributed by atoms with van der Waals surface area (Å²) in [5.74, 6) is 2.58. The average Bonchev–Trinajstić information content (AvgIpc) is 3.07. The summed E-state index contributed by atoms with van der Waals surface area (Å²) in [6, 6.07) is 0. The van der Waals surface area contributed by atoms with E-state index in [1.54, 1.807) is 17.8 Å². The Morgan fingerprint density at radius 1 is 1.07 bits per heavy atom. The molecule has 6 nitrogen and oxygen atoms in total. The number of aryl methyl sites for hydroxylation is 1. The van der Waals surface area contributed by atoms with Crippen LogP contribution in [0.4, 0.5) is 0 Å². The maximum Gasteiger partial charge on any atom is 0.228 e. The molecule has 0 N–H and O–H groups in total. The molecule has 4 aliphatic carbocycles. The smallest absolute Gasteiger partial charge is 0.228 e. The lowest BCUT2D eigenvalue weighted by molar-refractivity contribution is -0.158. The van der Waals surface area contributed by atoms with E-state index in [2.05, 4.69) is 4.98 Å². The Kier molecular flexibility index (Phi) is 3.98. The molecule has 27 heavy (non-hydrogen) atoms. The monoisotopic (exact) mass is 391 g/mol. The third kappa shape index (κ3) is 2.76. The van der Waals surface area contributed by atoms with Gasteiger partial charge in [0.15, 0.2) is 0 Å². The van der Waals surface area contributed by atoms with Gasteiger partial charge in [-0.2, -0.15) is 0 Å². The van der Waals surface area contributed by atoms with Gasteiger partial charge in [-0.15, -0.1) is 0 Å². The standard InChI is InChI=1S/C20H29N3O3S/c1-22-7-4-21-19(22)27(25,26)17-2-5-23(6-3-17)18(24)20-11-14-8-15(12-20)10-16(9-14)13-20/h4,7,14-17H,2-3,5-6,8-13H2,1H3. The number of sulfone groups is 1. The number of piperidine rings is 1. The van der Waals surface area contributed by atoms with Crippen LogP contribution in [0.5, 0.6) is 0 Å². The zero-order valence-corrected chi connectivity index (χ0v) is 16.8. The van der Waals surface area contributed by atoms with Crippen molar-refractivity contribution in [3.63, 3.8) is 0 Å². The fourth-order valence-corrected chi connectivity index (χ4v) is 8.65. The molecule has 148 valence electrons. The number of nitrogens with zero attached hydrogens (tertiary/aromatic N) is 3. The summed E-state index contributed by atoms with van der Waals surface area (Å²) in [7, 11) is -1.72. The number of rotatable bonds is 3. The number of carbonyl (C=O) groups excluding carboxylic acids is 1. The number of imidazole rings is 1. The topological polar surface area (TPSA) is 72.3 Å². The van der Waals surface area contributed by atoms with Crippen molar-refractivity contribution in [1.82, 2.24) is 14.5 Å². The van der Waals surface area contributed by atoms with Crippen LogP contribution in [0.3, 0.4) is 0 Å². The van der Waals surface area contributed by atoms with E-state index in [1.165, 1.54) is 25.5 Å². The molecular formula is C20H29N3O3S. The molecule has 0 unspecified atom stereocenters. The van der Waals surface area contributed by atoms with Gasteiger partial charge in [0.25, 0.3) is 0 Å². The van der Waals surface area contributed by atoms with Crippen molar-refractivity contribution >= 4 is 15.7 Å². The minimum atomic E-state index is -3.43. The molecule has 0 atom stereocenters. The van der Waals surface area contributed by atoms with E-state index < -0.39 is 15.1 Å². The van der Waals surface area contributed by atoms with Crippen molar-refractivity contribution < 1.29 is 13.2 Å². The highest BCUT2D eigenvalue weighted by Crippen LogP contribution is 2.60. The minimum Gasteiger partial charge on any atom is -0.342 e. The number of aromatic nitrogens is 2. The lowest BCUT2D eigenvalue weighted by atomic mass is 9.49. The molecule has 1 aromatic heterocycles. The van der Waals surface area contributed by atoms with E-state index in [0.29, 0.717) is 31.8 Å². The lowest BCUT2D eigenvalue weighted by Gasteiger charge is -2.57. The van der Waals surface area contributed by atoms with Crippen LogP contribution in [-0.4, -0.2) is 47.1 Å². The first-order valence-electron chi connectivity index (χ1n) is 10.4. The molecule has 5 aliphatic rings. The van der Waals surface area contributed by atoms with Crippen molar-refractivity contribution in [2.24, 2.45) is 30.2 Å². The van der Waals surface area contributed by atoms with Crippen molar-refractivity contribution in [1.29, 1.82) is 0 Å². The summed E-state index contributed by atoms with van der Waals surface area (Å²) in [6.45, 7) is 1.13. The molecule has 0 aromatic carbocycles. The van der Waals surface area contributed by atoms with Crippen LogP contribution in [-0.2, 0) is 21.7 Å². The second-order valence-corrected chi connectivity index (χ2v) is 11.7.